The van der Waals surface area contributed by atoms with Crippen molar-refractivity contribution in [2.24, 2.45) is 0 Å². The minimum Gasteiger partial charge on any atom is -0.465 e. The Morgan fingerprint density at radius 3 is 2.78 bits per heavy atom. The van der Waals surface area contributed by atoms with E-state index in [0.29, 0.717) is 17.0 Å². The number of likely N-dealkylation sites (tertiary alicyclic amines) is 1. The Labute approximate surface area is 194 Å². The number of nitro benzene ring substituents is 1. The molecule has 0 aliphatic carbocycles. The fourth-order valence-electron chi connectivity index (χ4n) is 3.93. The van der Waals surface area contributed by atoms with Crippen LogP contribution in [0.2, 0.25) is 5.02 Å². The van der Waals surface area contributed by atoms with Gasteiger partial charge in [0.1, 0.15) is 5.02 Å². The van der Waals surface area contributed by atoms with E-state index in [9.17, 15) is 14.9 Å². The van der Waals surface area contributed by atoms with E-state index in [1.165, 1.54) is 13.2 Å². The first-order chi connectivity index (χ1) is 15.4. The number of ether oxygens (including phenoxy) is 1. The number of piperidine rings is 1. The normalized spacial score (nSPS) is 14.9. The summed E-state index contributed by atoms with van der Waals surface area (Å²) >= 11 is 7.52. The molecule has 166 valence electrons. The molecule has 9 heteroatoms. The summed E-state index contributed by atoms with van der Waals surface area (Å²) in [5.74, 6) is 0.0461. The molecule has 32 heavy (non-hydrogen) atoms. The van der Waals surface area contributed by atoms with Gasteiger partial charge in [-0.2, -0.15) is 0 Å². The number of rotatable bonds is 6. The van der Waals surface area contributed by atoms with Crippen LogP contribution in [0.15, 0.2) is 47.8 Å². The van der Waals surface area contributed by atoms with Crippen LogP contribution in [-0.4, -0.2) is 41.0 Å². The Morgan fingerprint density at radius 2 is 2.06 bits per heavy atom. The smallest absolute Gasteiger partial charge is 0.337 e. The number of nitrogens with zero attached hydrogens (tertiary/aromatic N) is 3. The number of thiazole rings is 1. The molecule has 0 amide bonds. The van der Waals surface area contributed by atoms with Crippen LogP contribution in [0.4, 0.5) is 5.69 Å². The SMILES string of the molecule is COC(=O)c1cccc(CN2CCC(c3nc(-c4ccc(Cl)c([N+](=O)[O-])c4)cs3)CC2)c1. The fourth-order valence-corrected chi connectivity index (χ4v) is 5.12. The van der Waals surface area contributed by atoms with Crippen molar-refractivity contribution in [2.45, 2.75) is 25.3 Å². The summed E-state index contributed by atoms with van der Waals surface area (Å²) in [7, 11) is 1.39. The number of aromatic nitrogens is 1. The van der Waals surface area contributed by atoms with Crippen LogP contribution in [-0.2, 0) is 11.3 Å². The molecule has 0 unspecified atom stereocenters. The lowest BCUT2D eigenvalue weighted by atomic mass is 9.97. The third-order valence-electron chi connectivity index (χ3n) is 5.65. The third-order valence-corrected chi connectivity index (χ3v) is 6.98. The van der Waals surface area contributed by atoms with Crippen LogP contribution < -0.4 is 0 Å². The minimum absolute atomic E-state index is 0.108. The molecule has 3 aromatic rings. The van der Waals surface area contributed by atoms with Crippen molar-refractivity contribution in [3.8, 4) is 11.3 Å². The van der Waals surface area contributed by atoms with Gasteiger partial charge in [0.05, 0.1) is 28.3 Å². The first kappa shape index (κ1) is 22.4. The summed E-state index contributed by atoms with van der Waals surface area (Å²) in [5.41, 5.74) is 2.99. The Morgan fingerprint density at radius 1 is 1.28 bits per heavy atom. The predicted octanol–water partition coefficient (Wildman–Crippen LogP) is 5.54. The van der Waals surface area contributed by atoms with Crippen molar-refractivity contribution in [3.63, 3.8) is 0 Å². The average molecular weight is 472 g/mol. The summed E-state index contributed by atoms with van der Waals surface area (Å²) in [6.45, 7) is 2.66. The summed E-state index contributed by atoms with van der Waals surface area (Å²) in [6.07, 6.45) is 1.98. The van der Waals surface area contributed by atoms with E-state index >= 15 is 0 Å². The number of hydrogen-bond acceptors (Lipinski definition) is 7. The molecule has 4 rings (SSSR count). The van der Waals surface area contributed by atoms with E-state index < -0.39 is 4.92 Å². The molecule has 1 aromatic heterocycles. The van der Waals surface area contributed by atoms with Crippen LogP contribution in [0.3, 0.4) is 0 Å². The number of methoxy groups -OCH3 is 1. The van der Waals surface area contributed by atoms with Gasteiger partial charge < -0.3 is 4.74 Å². The van der Waals surface area contributed by atoms with E-state index in [0.717, 1.165) is 48.7 Å². The maximum atomic E-state index is 11.7. The van der Waals surface area contributed by atoms with E-state index in [1.54, 1.807) is 29.5 Å². The number of carbonyl (C=O) groups excluding carboxylic acids is 1. The number of halogens is 1. The first-order valence-corrected chi connectivity index (χ1v) is 11.5. The first-order valence-electron chi connectivity index (χ1n) is 10.2. The second-order valence-electron chi connectivity index (χ2n) is 7.74. The van der Waals surface area contributed by atoms with Crippen LogP contribution in [0.5, 0.6) is 0 Å². The van der Waals surface area contributed by atoms with Crippen LogP contribution in [0.1, 0.15) is 39.7 Å². The van der Waals surface area contributed by atoms with Crippen LogP contribution >= 0.6 is 22.9 Å². The molecule has 2 aromatic carbocycles. The molecule has 0 N–H and O–H groups in total. The number of benzene rings is 2. The monoisotopic (exact) mass is 471 g/mol. The number of carbonyl (C=O) groups is 1. The van der Waals surface area contributed by atoms with Gasteiger partial charge in [0.15, 0.2) is 0 Å². The molecule has 1 aliphatic rings. The van der Waals surface area contributed by atoms with Gasteiger partial charge in [-0.25, -0.2) is 9.78 Å². The molecular formula is C23H22ClN3O4S. The average Bonchev–Trinajstić information content (AvgIpc) is 3.29. The van der Waals surface area contributed by atoms with Crippen molar-refractivity contribution >= 4 is 34.6 Å². The fraction of sp³-hybridized carbons (Fsp3) is 0.304. The maximum absolute atomic E-state index is 11.7. The largest absolute Gasteiger partial charge is 0.465 e. The molecule has 0 bridgehead atoms. The highest BCUT2D eigenvalue weighted by Crippen LogP contribution is 2.35. The van der Waals surface area contributed by atoms with Gasteiger partial charge >= 0.3 is 5.97 Å². The van der Waals surface area contributed by atoms with Gasteiger partial charge in [-0.3, -0.25) is 15.0 Å². The van der Waals surface area contributed by atoms with Gasteiger partial charge in [0.25, 0.3) is 5.69 Å². The zero-order valence-electron chi connectivity index (χ0n) is 17.5. The Hall–Kier alpha value is -2.81. The van der Waals surface area contributed by atoms with Gasteiger partial charge in [-0.1, -0.05) is 29.8 Å². The second kappa shape index (κ2) is 9.77. The Balaban J connectivity index is 1.38. The van der Waals surface area contributed by atoms with E-state index in [-0.39, 0.29) is 16.7 Å². The second-order valence-corrected chi connectivity index (χ2v) is 9.03. The van der Waals surface area contributed by atoms with Gasteiger partial charge in [-0.15, -0.1) is 11.3 Å². The van der Waals surface area contributed by atoms with Crippen molar-refractivity contribution < 1.29 is 14.5 Å². The Kier molecular flexibility index (Phi) is 6.83. The van der Waals surface area contributed by atoms with Gasteiger partial charge in [0.2, 0.25) is 0 Å². The highest BCUT2D eigenvalue weighted by atomic mass is 35.5. The summed E-state index contributed by atoms with van der Waals surface area (Å²) in [4.78, 5) is 29.6. The highest BCUT2D eigenvalue weighted by Gasteiger charge is 2.24. The van der Waals surface area contributed by atoms with Gasteiger partial charge in [0, 0.05) is 29.5 Å². The number of hydrogen-bond donors (Lipinski definition) is 0. The van der Waals surface area contributed by atoms with Crippen molar-refractivity contribution in [2.75, 3.05) is 20.2 Å². The summed E-state index contributed by atoms with van der Waals surface area (Å²) in [6, 6.07) is 12.3. The van der Waals surface area contributed by atoms with E-state index in [2.05, 4.69) is 4.90 Å². The molecule has 1 saturated heterocycles. The minimum atomic E-state index is -0.476. The van der Waals surface area contributed by atoms with Crippen molar-refractivity contribution in [1.82, 2.24) is 9.88 Å². The van der Waals surface area contributed by atoms with E-state index in [4.69, 9.17) is 21.3 Å². The third kappa shape index (κ3) is 4.98. The summed E-state index contributed by atoms with van der Waals surface area (Å²) in [5, 5.41) is 14.3. The standard InChI is InChI=1S/C23H22ClN3O4S/c1-31-23(28)18-4-2-3-15(11-18)13-26-9-7-16(8-10-26)22-25-20(14-32-22)17-5-6-19(24)21(12-17)27(29)30/h2-6,11-12,14,16H,7-10,13H2,1H3. The number of esters is 1. The topological polar surface area (TPSA) is 85.6 Å². The molecule has 2 heterocycles. The lowest BCUT2D eigenvalue weighted by molar-refractivity contribution is -0.384. The molecule has 0 saturated carbocycles. The predicted molar refractivity (Wildman–Crippen MR) is 124 cm³/mol. The summed E-state index contributed by atoms with van der Waals surface area (Å²) < 4.78 is 4.80. The zero-order valence-corrected chi connectivity index (χ0v) is 19.1. The van der Waals surface area contributed by atoms with Crippen molar-refractivity contribution in [1.29, 1.82) is 0 Å². The molecule has 0 radical (unpaired) electrons. The van der Waals surface area contributed by atoms with Crippen molar-refractivity contribution in [3.05, 3.63) is 79.1 Å². The van der Waals surface area contributed by atoms with Crippen LogP contribution in [0, 0.1) is 10.1 Å². The lowest BCUT2D eigenvalue weighted by Gasteiger charge is -2.31. The number of nitro groups is 1. The molecule has 7 nitrogen and oxygen atoms in total. The highest BCUT2D eigenvalue weighted by molar-refractivity contribution is 7.10. The Bertz CT molecular complexity index is 1140. The quantitative estimate of drug-likeness (QED) is 0.266. The lowest BCUT2D eigenvalue weighted by Crippen LogP contribution is -2.32. The van der Waals surface area contributed by atoms with E-state index in [1.807, 2.05) is 23.6 Å². The molecular weight excluding hydrogens is 450 g/mol. The molecule has 1 aliphatic heterocycles. The van der Waals surface area contributed by atoms with Crippen LogP contribution in [0.25, 0.3) is 11.3 Å². The van der Waals surface area contributed by atoms with Gasteiger partial charge in [-0.05, 0) is 49.7 Å². The molecule has 0 spiro atoms. The maximum Gasteiger partial charge on any atom is 0.337 e. The molecule has 1 fully saturated rings. The molecule has 0 atom stereocenters. The zero-order chi connectivity index (χ0) is 22.7.